The number of benzene rings is 1. The summed E-state index contributed by atoms with van der Waals surface area (Å²) in [7, 11) is 0. The molecular weight excluding hydrogens is 356 g/mol. The maximum absolute atomic E-state index is 12.9. The number of rotatable bonds is 4. The average molecular weight is 376 g/mol. The minimum Gasteiger partial charge on any atom is -0.345 e. The molecule has 6 heteroatoms. The van der Waals surface area contributed by atoms with Crippen molar-refractivity contribution in [3.05, 3.63) is 81.9 Å². The quantitative estimate of drug-likeness (QED) is 0.576. The van der Waals surface area contributed by atoms with Crippen molar-refractivity contribution in [1.29, 1.82) is 0 Å². The summed E-state index contributed by atoms with van der Waals surface area (Å²) in [5.41, 5.74) is 3.60. The van der Waals surface area contributed by atoms with E-state index in [0.717, 1.165) is 5.39 Å². The normalized spacial score (nSPS) is 12.2. The highest BCUT2D eigenvalue weighted by atomic mass is 32.1. The van der Waals surface area contributed by atoms with Gasteiger partial charge in [-0.3, -0.25) is 4.79 Å². The molecule has 5 nitrogen and oxygen atoms in total. The highest BCUT2D eigenvalue weighted by Crippen LogP contribution is 2.18. The van der Waals surface area contributed by atoms with Crippen molar-refractivity contribution < 1.29 is 4.79 Å². The Hall–Kier alpha value is -2.99. The van der Waals surface area contributed by atoms with Gasteiger partial charge in [0.15, 0.2) is 4.80 Å². The van der Waals surface area contributed by atoms with Crippen molar-refractivity contribution >= 4 is 28.3 Å². The molecule has 1 N–H and O–H groups in total. The van der Waals surface area contributed by atoms with Crippen LogP contribution in [0, 0.1) is 0 Å². The van der Waals surface area contributed by atoms with Gasteiger partial charge < -0.3 is 9.55 Å². The maximum Gasteiger partial charge on any atom is 0.281 e. The molecule has 3 heterocycles. The Balaban J connectivity index is 1.77. The Labute approximate surface area is 161 Å². The van der Waals surface area contributed by atoms with E-state index in [2.05, 4.69) is 50.9 Å². The van der Waals surface area contributed by atoms with E-state index in [9.17, 15) is 4.79 Å². The average Bonchev–Trinajstić information content (AvgIpc) is 3.27. The second kappa shape index (κ2) is 7.32. The molecule has 0 fully saturated rings. The zero-order chi connectivity index (χ0) is 18.8. The van der Waals surface area contributed by atoms with E-state index in [4.69, 9.17) is 0 Å². The molecule has 136 valence electrons. The largest absolute Gasteiger partial charge is 0.345 e. The number of aromatic amines is 1. The molecule has 0 aliphatic rings. The molecule has 0 bridgehead atoms. The molecule has 0 atom stereocenters. The van der Waals surface area contributed by atoms with Crippen LogP contribution in [0.4, 0.5) is 0 Å². The first-order valence-electron chi connectivity index (χ1n) is 8.87. The summed E-state index contributed by atoms with van der Waals surface area (Å²) in [6.45, 7) is 5.00. The van der Waals surface area contributed by atoms with Crippen LogP contribution in [0.3, 0.4) is 0 Å². The van der Waals surface area contributed by atoms with Crippen LogP contribution in [0.25, 0.3) is 11.0 Å². The number of fused-ring (bicyclic) bond motifs is 1. The van der Waals surface area contributed by atoms with Gasteiger partial charge in [0.05, 0.1) is 12.1 Å². The summed E-state index contributed by atoms with van der Waals surface area (Å²) in [4.78, 5) is 25.3. The van der Waals surface area contributed by atoms with Crippen LogP contribution in [0.15, 0.2) is 65.2 Å². The smallest absolute Gasteiger partial charge is 0.281 e. The summed E-state index contributed by atoms with van der Waals surface area (Å²) in [6.07, 6.45) is 3.38. The molecule has 0 saturated heterocycles. The van der Waals surface area contributed by atoms with Gasteiger partial charge in [-0.25, -0.2) is 4.98 Å². The molecule has 27 heavy (non-hydrogen) atoms. The highest BCUT2D eigenvalue weighted by molar-refractivity contribution is 7.07. The first kappa shape index (κ1) is 17.4. The van der Waals surface area contributed by atoms with Gasteiger partial charge in [0, 0.05) is 28.9 Å². The van der Waals surface area contributed by atoms with Crippen molar-refractivity contribution in [2.24, 2.45) is 4.99 Å². The fraction of sp³-hybridized carbons (Fsp3) is 0.190. The van der Waals surface area contributed by atoms with Crippen LogP contribution in [0.1, 0.15) is 41.4 Å². The fourth-order valence-electron chi connectivity index (χ4n) is 3.09. The Morgan fingerprint density at radius 3 is 2.81 bits per heavy atom. The Morgan fingerprint density at radius 1 is 1.22 bits per heavy atom. The number of hydrogen-bond acceptors (Lipinski definition) is 3. The summed E-state index contributed by atoms with van der Waals surface area (Å²) in [5.74, 6) is 0.0921. The van der Waals surface area contributed by atoms with Crippen LogP contribution in [0.2, 0.25) is 0 Å². The van der Waals surface area contributed by atoms with Gasteiger partial charge in [0.1, 0.15) is 5.65 Å². The molecule has 0 radical (unpaired) electrons. The van der Waals surface area contributed by atoms with E-state index < -0.39 is 0 Å². The lowest BCUT2D eigenvalue weighted by Crippen LogP contribution is -2.20. The molecule has 3 aromatic heterocycles. The number of carbonyl (C=O) groups is 1. The molecule has 0 aliphatic heterocycles. The van der Waals surface area contributed by atoms with Gasteiger partial charge >= 0.3 is 0 Å². The van der Waals surface area contributed by atoms with E-state index in [1.54, 1.807) is 12.4 Å². The van der Waals surface area contributed by atoms with Crippen LogP contribution in [0.5, 0.6) is 0 Å². The van der Waals surface area contributed by atoms with Crippen molar-refractivity contribution in [1.82, 2.24) is 14.5 Å². The number of carbonyl (C=O) groups excluding carboxylic acids is 1. The molecule has 0 unspecified atom stereocenters. The molecule has 0 saturated carbocycles. The monoisotopic (exact) mass is 376 g/mol. The Morgan fingerprint density at radius 2 is 2.04 bits per heavy atom. The maximum atomic E-state index is 12.9. The number of H-pyrrole nitrogens is 1. The van der Waals surface area contributed by atoms with E-state index >= 15 is 0 Å². The third-order valence-corrected chi connectivity index (χ3v) is 5.36. The van der Waals surface area contributed by atoms with Crippen LogP contribution >= 0.6 is 11.3 Å². The lowest BCUT2D eigenvalue weighted by Gasteiger charge is -2.11. The topological polar surface area (TPSA) is 63.0 Å². The molecule has 0 aliphatic carbocycles. The number of amides is 1. The molecule has 1 amide bonds. The number of aromatic nitrogens is 3. The second-order valence-corrected chi connectivity index (χ2v) is 7.53. The van der Waals surface area contributed by atoms with Crippen LogP contribution in [-0.4, -0.2) is 20.4 Å². The van der Waals surface area contributed by atoms with Crippen LogP contribution in [-0.2, 0) is 6.54 Å². The lowest BCUT2D eigenvalue weighted by atomic mass is 10.1. The van der Waals surface area contributed by atoms with E-state index in [-0.39, 0.29) is 5.91 Å². The number of nitrogens with one attached hydrogen (secondary N) is 1. The molecule has 0 spiro atoms. The zero-order valence-electron chi connectivity index (χ0n) is 15.2. The van der Waals surface area contributed by atoms with E-state index in [1.807, 2.05) is 30.3 Å². The van der Waals surface area contributed by atoms with Gasteiger partial charge in [0.2, 0.25) is 0 Å². The van der Waals surface area contributed by atoms with E-state index in [0.29, 0.717) is 28.5 Å². The molecule has 1 aromatic carbocycles. The number of thiazole rings is 1. The predicted molar refractivity (Wildman–Crippen MR) is 108 cm³/mol. The highest BCUT2D eigenvalue weighted by Gasteiger charge is 2.14. The minimum atomic E-state index is -0.256. The summed E-state index contributed by atoms with van der Waals surface area (Å²) in [6, 6.07) is 13.9. The fourth-order valence-corrected chi connectivity index (χ4v) is 4.15. The molecule has 4 rings (SSSR count). The Kier molecular flexibility index (Phi) is 4.73. The van der Waals surface area contributed by atoms with Crippen molar-refractivity contribution in [3.8, 4) is 0 Å². The number of pyridine rings is 1. The van der Waals surface area contributed by atoms with Crippen molar-refractivity contribution in [3.63, 3.8) is 0 Å². The number of hydrogen-bond donors (Lipinski definition) is 1. The molecule has 4 aromatic rings. The SMILES string of the molecule is CC(C)c1cs/c(=N\C(=O)c2c[nH]c3ncccc23)n1Cc1ccccc1. The molecular formula is C21H20N4OS. The number of nitrogens with zero attached hydrogens (tertiary/aromatic N) is 3. The zero-order valence-corrected chi connectivity index (χ0v) is 16.0. The third kappa shape index (κ3) is 3.48. The standard InChI is InChI=1S/C21H20N4OS/c1-14(2)18-13-27-21(25(18)12-15-7-4-3-5-8-15)24-20(26)17-11-23-19-16(17)9-6-10-22-19/h3-11,13-14H,12H2,1-2H3,(H,22,23)/b24-21-. The summed E-state index contributed by atoms with van der Waals surface area (Å²) >= 11 is 1.50. The summed E-state index contributed by atoms with van der Waals surface area (Å²) < 4.78 is 2.13. The predicted octanol–water partition coefficient (Wildman–Crippen LogP) is 4.34. The first-order chi connectivity index (χ1) is 13.1. The van der Waals surface area contributed by atoms with Crippen molar-refractivity contribution in [2.45, 2.75) is 26.3 Å². The second-order valence-electron chi connectivity index (χ2n) is 6.69. The van der Waals surface area contributed by atoms with E-state index in [1.165, 1.54) is 22.6 Å². The van der Waals surface area contributed by atoms with Crippen molar-refractivity contribution in [2.75, 3.05) is 0 Å². The van der Waals surface area contributed by atoms with Gasteiger partial charge in [-0.2, -0.15) is 4.99 Å². The van der Waals surface area contributed by atoms with Gasteiger partial charge in [0.25, 0.3) is 5.91 Å². The lowest BCUT2D eigenvalue weighted by molar-refractivity contribution is 0.0999. The minimum absolute atomic E-state index is 0.256. The van der Waals surface area contributed by atoms with Gasteiger partial charge in [-0.1, -0.05) is 44.2 Å². The Bertz CT molecular complexity index is 1150. The first-order valence-corrected chi connectivity index (χ1v) is 9.75. The third-order valence-electron chi connectivity index (χ3n) is 4.48. The summed E-state index contributed by atoms with van der Waals surface area (Å²) in [5, 5.41) is 2.89. The van der Waals surface area contributed by atoms with Crippen LogP contribution < -0.4 is 4.80 Å². The van der Waals surface area contributed by atoms with Gasteiger partial charge in [-0.15, -0.1) is 11.3 Å². The van der Waals surface area contributed by atoms with Gasteiger partial charge in [-0.05, 0) is 23.6 Å².